The van der Waals surface area contributed by atoms with E-state index in [-0.39, 0.29) is 19.1 Å². The monoisotopic (exact) mass is 494 g/mol. The van der Waals surface area contributed by atoms with Crippen molar-refractivity contribution in [2.24, 2.45) is 5.92 Å². The molecule has 0 N–H and O–H groups in total. The normalized spacial score (nSPS) is 21.7. The van der Waals surface area contributed by atoms with E-state index in [1.807, 2.05) is 20.8 Å². The fourth-order valence-corrected chi connectivity index (χ4v) is 4.00. The molecule has 0 amide bonds. The number of ether oxygens (including phenoxy) is 4. The van der Waals surface area contributed by atoms with Crippen LogP contribution in [0.5, 0.6) is 0 Å². The molecule has 4 atom stereocenters. The molecule has 0 saturated carbocycles. The third-order valence-corrected chi connectivity index (χ3v) is 5.90. The van der Waals surface area contributed by atoms with Crippen LogP contribution in [0.1, 0.15) is 61.2 Å². The molecule has 3 rings (SSSR count). The minimum atomic E-state index is -4.44. The van der Waals surface area contributed by atoms with Crippen molar-refractivity contribution in [1.29, 1.82) is 0 Å². The van der Waals surface area contributed by atoms with Gasteiger partial charge in [0.1, 0.15) is 18.3 Å². The number of hydrogen-bond acceptors (Lipinski definition) is 5. The van der Waals surface area contributed by atoms with E-state index in [0.29, 0.717) is 17.5 Å². The topological polar surface area (TPSA) is 54.0 Å². The number of halogens is 3. The van der Waals surface area contributed by atoms with Crippen LogP contribution >= 0.6 is 0 Å². The van der Waals surface area contributed by atoms with E-state index in [0.717, 1.165) is 24.1 Å². The molecule has 35 heavy (non-hydrogen) atoms. The summed E-state index contributed by atoms with van der Waals surface area (Å²) < 4.78 is 63.5. The molecule has 1 unspecified atom stereocenters. The molecule has 0 radical (unpaired) electrons. The van der Waals surface area contributed by atoms with Crippen molar-refractivity contribution in [2.45, 2.75) is 77.9 Å². The van der Waals surface area contributed by atoms with Gasteiger partial charge in [0.15, 0.2) is 6.29 Å². The highest BCUT2D eigenvalue weighted by molar-refractivity contribution is 5.89. The third kappa shape index (κ3) is 7.29. The first-order chi connectivity index (χ1) is 16.6. The summed E-state index contributed by atoms with van der Waals surface area (Å²) in [4.78, 5) is 12.6. The Morgan fingerprint density at radius 2 is 1.80 bits per heavy atom. The van der Waals surface area contributed by atoms with E-state index in [2.05, 4.69) is 0 Å². The lowest BCUT2D eigenvalue weighted by Crippen LogP contribution is -2.52. The lowest BCUT2D eigenvalue weighted by Gasteiger charge is -2.40. The maximum atomic E-state index is 13.3. The smallest absolute Gasteiger partial charge is 0.416 e. The molecule has 1 saturated heterocycles. The molecule has 0 aliphatic carbocycles. The van der Waals surface area contributed by atoms with Gasteiger partial charge < -0.3 is 18.9 Å². The molecule has 1 aliphatic heterocycles. The van der Waals surface area contributed by atoms with Crippen LogP contribution in [0, 0.1) is 5.92 Å². The van der Waals surface area contributed by atoms with Crippen LogP contribution in [-0.2, 0) is 38.2 Å². The Hall–Kier alpha value is -2.42. The second kappa shape index (κ2) is 12.0. The minimum Gasteiger partial charge on any atom is -0.456 e. The zero-order valence-electron chi connectivity index (χ0n) is 20.5. The number of esters is 1. The fraction of sp³-hybridized carbons (Fsp3) is 0.519. The largest absolute Gasteiger partial charge is 0.456 e. The maximum Gasteiger partial charge on any atom is 0.416 e. The Bertz CT molecular complexity index is 961. The molecule has 1 heterocycles. The summed E-state index contributed by atoms with van der Waals surface area (Å²) in [7, 11) is 0. The van der Waals surface area contributed by atoms with E-state index in [1.54, 1.807) is 37.3 Å². The molecule has 8 heteroatoms. The van der Waals surface area contributed by atoms with Crippen LogP contribution in [0.3, 0.4) is 0 Å². The summed E-state index contributed by atoms with van der Waals surface area (Å²) in [6.45, 7) is 7.71. The molecule has 1 fully saturated rings. The Labute approximate surface area is 204 Å². The molecule has 2 aromatic rings. The number of rotatable bonds is 9. The van der Waals surface area contributed by atoms with Gasteiger partial charge >= 0.3 is 12.1 Å². The first kappa shape index (κ1) is 27.2. The van der Waals surface area contributed by atoms with E-state index < -0.39 is 42.3 Å². The van der Waals surface area contributed by atoms with Crippen molar-refractivity contribution in [1.82, 2.24) is 0 Å². The highest BCUT2D eigenvalue weighted by Gasteiger charge is 2.39. The lowest BCUT2D eigenvalue weighted by molar-refractivity contribution is -0.291. The van der Waals surface area contributed by atoms with Crippen LogP contribution in [0.4, 0.5) is 13.2 Å². The standard InChI is InChI=1S/C27H33F3O5/c1-5-9-19-12-13-22(27(28,29)30)14-21(19)15-32-23-16-33-26(17(2)3)35-24(23)18(4)34-25(31)20-10-7-6-8-11-20/h6-8,10-14,17-18,23-24,26H,5,9,15-16H2,1-4H3/t18?,23-,24-,26+/m1/s1. The summed E-state index contributed by atoms with van der Waals surface area (Å²) in [6.07, 6.45) is -5.48. The van der Waals surface area contributed by atoms with E-state index in [9.17, 15) is 18.0 Å². The molecule has 0 aromatic heterocycles. The SMILES string of the molecule is CCCc1ccc(C(F)(F)F)cc1CO[C@@H]1CO[C@H](C(C)C)O[C@@H]1C(C)OC(=O)c1ccccc1. The summed E-state index contributed by atoms with van der Waals surface area (Å²) >= 11 is 0. The van der Waals surface area contributed by atoms with Crippen molar-refractivity contribution in [3.8, 4) is 0 Å². The van der Waals surface area contributed by atoms with Crippen molar-refractivity contribution in [3.63, 3.8) is 0 Å². The highest BCUT2D eigenvalue weighted by atomic mass is 19.4. The second-order valence-corrected chi connectivity index (χ2v) is 9.10. The molecule has 2 aromatic carbocycles. The van der Waals surface area contributed by atoms with Crippen molar-refractivity contribution in [2.75, 3.05) is 6.61 Å². The molecule has 192 valence electrons. The number of carbonyl (C=O) groups excluding carboxylic acids is 1. The van der Waals surface area contributed by atoms with Crippen LogP contribution in [0.2, 0.25) is 0 Å². The van der Waals surface area contributed by atoms with E-state index >= 15 is 0 Å². The molecule has 5 nitrogen and oxygen atoms in total. The summed E-state index contributed by atoms with van der Waals surface area (Å²) in [6, 6.07) is 12.4. The third-order valence-electron chi connectivity index (χ3n) is 5.90. The zero-order chi connectivity index (χ0) is 25.6. The first-order valence-electron chi connectivity index (χ1n) is 11.9. The molecule has 1 aliphatic rings. The van der Waals surface area contributed by atoms with Gasteiger partial charge in [-0.3, -0.25) is 0 Å². The van der Waals surface area contributed by atoms with Crippen molar-refractivity contribution in [3.05, 3.63) is 70.8 Å². The average Bonchev–Trinajstić information content (AvgIpc) is 2.83. The second-order valence-electron chi connectivity index (χ2n) is 9.10. The van der Waals surface area contributed by atoms with Gasteiger partial charge in [0, 0.05) is 5.92 Å². The number of carbonyl (C=O) groups is 1. The Morgan fingerprint density at radius 1 is 1.09 bits per heavy atom. The maximum absolute atomic E-state index is 13.3. The summed E-state index contributed by atoms with van der Waals surface area (Å²) in [5, 5.41) is 0. The Kier molecular flexibility index (Phi) is 9.33. The number of alkyl halides is 3. The quantitative estimate of drug-likeness (QED) is 0.389. The van der Waals surface area contributed by atoms with Crippen LogP contribution in [0.15, 0.2) is 48.5 Å². The lowest BCUT2D eigenvalue weighted by atomic mass is 10.00. The molecule has 0 bridgehead atoms. The van der Waals surface area contributed by atoms with Gasteiger partial charge in [0.25, 0.3) is 0 Å². The van der Waals surface area contributed by atoms with Gasteiger partial charge in [-0.1, -0.05) is 51.5 Å². The summed E-state index contributed by atoms with van der Waals surface area (Å²) in [5.41, 5.74) is 0.977. The highest BCUT2D eigenvalue weighted by Crippen LogP contribution is 2.32. The van der Waals surface area contributed by atoms with Crippen LogP contribution < -0.4 is 0 Å². The number of benzene rings is 2. The zero-order valence-corrected chi connectivity index (χ0v) is 20.5. The van der Waals surface area contributed by atoms with E-state index in [4.69, 9.17) is 18.9 Å². The van der Waals surface area contributed by atoms with Crippen LogP contribution in [-0.4, -0.2) is 37.2 Å². The molecule has 0 spiro atoms. The van der Waals surface area contributed by atoms with Crippen molar-refractivity contribution < 1.29 is 36.9 Å². The van der Waals surface area contributed by atoms with Gasteiger partial charge in [0.05, 0.1) is 24.3 Å². The van der Waals surface area contributed by atoms with Gasteiger partial charge in [-0.15, -0.1) is 0 Å². The molecular weight excluding hydrogens is 461 g/mol. The van der Waals surface area contributed by atoms with Gasteiger partial charge in [0.2, 0.25) is 0 Å². The average molecular weight is 495 g/mol. The predicted octanol–water partition coefficient (Wildman–Crippen LogP) is 6.19. The number of hydrogen-bond donors (Lipinski definition) is 0. The van der Waals surface area contributed by atoms with Gasteiger partial charge in [-0.25, -0.2) is 4.79 Å². The number of aryl methyl sites for hydroxylation is 1. The van der Waals surface area contributed by atoms with Gasteiger partial charge in [-0.2, -0.15) is 13.2 Å². The van der Waals surface area contributed by atoms with Crippen LogP contribution in [0.25, 0.3) is 0 Å². The summed E-state index contributed by atoms with van der Waals surface area (Å²) in [5.74, 6) is -0.439. The first-order valence-corrected chi connectivity index (χ1v) is 11.9. The van der Waals surface area contributed by atoms with Gasteiger partial charge in [-0.05, 0) is 48.7 Å². The Balaban J connectivity index is 1.77. The van der Waals surface area contributed by atoms with Crippen molar-refractivity contribution >= 4 is 5.97 Å². The predicted molar refractivity (Wildman–Crippen MR) is 125 cm³/mol. The fourth-order valence-electron chi connectivity index (χ4n) is 4.00. The molecular formula is C27H33F3O5. The Morgan fingerprint density at radius 3 is 2.43 bits per heavy atom. The minimum absolute atomic E-state index is 0.0428. The van der Waals surface area contributed by atoms with E-state index in [1.165, 1.54) is 6.07 Å².